The molecule has 7 nitrogen and oxygen atoms in total. The van der Waals surface area contributed by atoms with Gasteiger partial charge in [-0.25, -0.2) is 0 Å². The van der Waals surface area contributed by atoms with Gasteiger partial charge in [0.1, 0.15) is 0 Å². The summed E-state index contributed by atoms with van der Waals surface area (Å²) in [6, 6.07) is 17.8. The number of rotatable bonds is 7. The lowest BCUT2D eigenvalue weighted by Crippen LogP contribution is -2.29. The molecular weight excluding hydrogens is 410 g/mol. The minimum Gasteiger partial charge on any atom is -0.493 e. The van der Waals surface area contributed by atoms with Crippen molar-refractivity contribution >= 4 is 0 Å². The molecule has 1 aliphatic carbocycles. The van der Waals surface area contributed by atoms with Crippen molar-refractivity contribution in [3.05, 3.63) is 93.0 Å². The summed E-state index contributed by atoms with van der Waals surface area (Å²) in [7, 11) is 6.23. The average molecular weight is 435 g/mol. The molecule has 0 heterocycles. The molecule has 0 radical (unpaired) electrons. The molecule has 0 fully saturated rings. The van der Waals surface area contributed by atoms with Crippen LogP contribution < -0.4 is 18.9 Å². The summed E-state index contributed by atoms with van der Waals surface area (Å²) >= 11 is 0. The Bertz CT molecular complexity index is 1130. The molecule has 0 unspecified atom stereocenters. The fraction of sp³-hybridized carbons (Fsp3) is 0.280. The van der Waals surface area contributed by atoms with Crippen LogP contribution in [0.1, 0.15) is 34.1 Å². The van der Waals surface area contributed by atoms with Crippen molar-refractivity contribution in [2.45, 2.75) is 17.9 Å². The molecule has 0 aliphatic heterocycles. The summed E-state index contributed by atoms with van der Waals surface area (Å²) < 4.78 is 21.9. The first kappa shape index (κ1) is 21.5. The third kappa shape index (κ3) is 3.49. The molecule has 166 valence electrons. The number of nitrogens with zero attached hydrogens (tertiary/aromatic N) is 1. The Morgan fingerprint density at radius 2 is 1.16 bits per heavy atom. The average Bonchev–Trinajstić information content (AvgIpc) is 3.17. The number of fused-ring (bicyclic) bond motifs is 1. The molecule has 0 N–H and O–H groups in total. The zero-order valence-corrected chi connectivity index (χ0v) is 18.4. The van der Waals surface area contributed by atoms with Crippen LogP contribution in [0.4, 0.5) is 0 Å². The van der Waals surface area contributed by atoms with Crippen LogP contribution in [0.5, 0.6) is 23.0 Å². The molecule has 3 aromatic rings. The second kappa shape index (κ2) is 8.78. The molecule has 0 aromatic heterocycles. The van der Waals surface area contributed by atoms with Gasteiger partial charge >= 0.3 is 0 Å². The van der Waals surface area contributed by atoms with E-state index in [9.17, 15) is 10.1 Å². The zero-order chi connectivity index (χ0) is 22.8. The van der Waals surface area contributed by atoms with Crippen molar-refractivity contribution < 1.29 is 23.9 Å². The van der Waals surface area contributed by atoms with Crippen molar-refractivity contribution in [1.82, 2.24) is 0 Å². The zero-order valence-electron chi connectivity index (χ0n) is 18.4. The third-order valence-corrected chi connectivity index (χ3v) is 6.11. The Balaban J connectivity index is 1.99. The summed E-state index contributed by atoms with van der Waals surface area (Å²) in [5.41, 5.74) is 3.35. The monoisotopic (exact) mass is 435 g/mol. The van der Waals surface area contributed by atoms with E-state index in [-0.39, 0.29) is 4.92 Å². The largest absolute Gasteiger partial charge is 0.493 e. The lowest BCUT2D eigenvalue weighted by molar-refractivity contribution is -0.525. The Kier molecular flexibility index (Phi) is 5.90. The molecule has 0 saturated carbocycles. The molecule has 0 bridgehead atoms. The molecule has 0 saturated heterocycles. The first-order valence-corrected chi connectivity index (χ1v) is 10.2. The van der Waals surface area contributed by atoms with Gasteiger partial charge < -0.3 is 18.9 Å². The van der Waals surface area contributed by atoms with E-state index >= 15 is 0 Å². The van der Waals surface area contributed by atoms with Crippen molar-refractivity contribution in [2.24, 2.45) is 0 Å². The summed E-state index contributed by atoms with van der Waals surface area (Å²) in [5.74, 6) is 1.22. The molecule has 3 aromatic carbocycles. The highest BCUT2D eigenvalue weighted by atomic mass is 16.6. The SMILES string of the molecule is COc1ccc([C@@H]2c3cc(OC)c(OC)cc3[C@@H](c3ccccc3)[C@H]2[N+](=O)[O-])cc1OC. The van der Waals surface area contributed by atoms with Gasteiger partial charge in [0.25, 0.3) is 0 Å². The maximum atomic E-state index is 12.5. The van der Waals surface area contributed by atoms with Crippen molar-refractivity contribution in [3.63, 3.8) is 0 Å². The Labute approximate surface area is 186 Å². The normalized spacial score (nSPS) is 19.2. The van der Waals surface area contributed by atoms with Crippen molar-refractivity contribution in [3.8, 4) is 23.0 Å². The van der Waals surface area contributed by atoms with Gasteiger partial charge in [0.2, 0.25) is 6.04 Å². The number of methoxy groups -OCH3 is 4. The fourth-order valence-electron chi connectivity index (χ4n) is 4.71. The first-order chi connectivity index (χ1) is 15.5. The van der Waals surface area contributed by atoms with E-state index in [2.05, 4.69) is 0 Å². The molecule has 0 amide bonds. The van der Waals surface area contributed by atoms with Crippen LogP contribution in [0.3, 0.4) is 0 Å². The first-order valence-electron chi connectivity index (χ1n) is 10.2. The Morgan fingerprint density at radius 1 is 0.656 bits per heavy atom. The van der Waals surface area contributed by atoms with Crippen LogP contribution in [-0.4, -0.2) is 39.4 Å². The second-order valence-electron chi connectivity index (χ2n) is 7.59. The number of hydrogen-bond donors (Lipinski definition) is 0. The highest BCUT2D eigenvalue weighted by Gasteiger charge is 2.50. The maximum Gasteiger partial charge on any atom is 0.234 e. The van der Waals surface area contributed by atoms with Gasteiger partial charge in [0.15, 0.2) is 23.0 Å². The topological polar surface area (TPSA) is 80.1 Å². The molecule has 1 aliphatic rings. The van der Waals surface area contributed by atoms with Crippen LogP contribution in [0.25, 0.3) is 0 Å². The van der Waals surface area contributed by atoms with E-state index in [0.717, 1.165) is 22.3 Å². The van der Waals surface area contributed by atoms with Gasteiger partial charge in [-0.1, -0.05) is 36.4 Å². The van der Waals surface area contributed by atoms with Gasteiger partial charge in [-0.2, -0.15) is 0 Å². The molecule has 32 heavy (non-hydrogen) atoms. The van der Waals surface area contributed by atoms with Gasteiger partial charge in [0, 0.05) is 4.92 Å². The fourth-order valence-corrected chi connectivity index (χ4v) is 4.71. The minimum absolute atomic E-state index is 0.183. The lowest BCUT2D eigenvalue weighted by atomic mass is 9.85. The Hall–Kier alpha value is -3.74. The van der Waals surface area contributed by atoms with Crippen molar-refractivity contribution in [2.75, 3.05) is 28.4 Å². The quantitative estimate of drug-likeness (QED) is 0.397. The second-order valence-corrected chi connectivity index (χ2v) is 7.59. The van der Waals surface area contributed by atoms with Gasteiger partial charge in [-0.15, -0.1) is 0 Å². The predicted molar refractivity (Wildman–Crippen MR) is 120 cm³/mol. The molecule has 7 heteroatoms. The van der Waals surface area contributed by atoms with E-state index in [4.69, 9.17) is 18.9 Å². The van der Waals surface area contributed by atoms with E-state index in [1.165, 1.54) is 0 Å². The van der Waals surface area contributed by atoms with Crippen LogP contribution in [-0.2, 0) is 0 Å². The third-order valence-electron chi connectivity index (χ3n) is 6.11. The maximum absolute atomic E-state index is 12.5. The number of hydrogen-bond acceptors (Lipinski definition) is 6. The molecule has 4 rings (SSSR count). The summed E-state index contributed by atoms with van der Waals surface area (Å²) in [5, 5.41) is 12.5. The molecule has 0 spiro atoms. The number of benzene rings is 3. The predicted octanol–water partition coefficient (Wildman–Crippen LogP) is 4.64. The van der Waals surface area contributed by atoms with E-state index in [1.807, 2.05) is 54.6 Å². The van der Waals surface area contributed by atoms with Crippen LogP contribution >= 0.6 is 0 Å². The van der Waals surface area contributed by atoms with Gasteiger partial charge in [-0.3, -0.25) is 10.1 Å². The minimum atomic E-state index is -0.915. The van der Waals surface area contributed by atoms with Crippen LogP contribution in [0.2, 0.25) is 0 Å². The highest BCUT2D eigenvalue weighted by molar-refractivity contribution is 5.59. The summed E-state index contributed by atoms with van der Waals surface area (Å²) in [4.78, 5) is 12.3. The Morgan fingerprint density at radius 3 is 1.66 bits per heavy atom. The van der Waals surface area contributed by atoms with Crippen LogP contribution in [0, 0.1) is 10.1 Å². The lowest BCUT2D eigenvalue weighted by Gasteiger charge is -2.20. The number of ether oxygens (including phenoxy) is 4. The van der Waals surface area contributed by atoms with Gasteiger partial charge in [0.05, 0.1) is 40.3 Å². The van der Waals surface area contributed by atoms with Gasteiger partial charge in [-0.05, 0) is 46.5 Å². The molecular formula is C25H25NO6. The van der Waals surface area contributed by atoms with E-state index in [0.29, 0.717) is 23.0 Å². The highest BCUT2D eigenvalue weighted by Crippen LogP contribution is 2.53. The van der Waals surface area contributed by atoms with Crippen molar-refractivity contribution in [1.29, 1.82) is 0 Å². The van der Waals surface area contributed by atoms with E-state index < -0.39 is 17.9 Å². The van der Waals surface area contributed by atoms with E-state index in [1.54, 1.807) is 34.5 Å². The summed E-state index contributed by atoms with van der Waals surface area (Å²) in [6.45, 7) is 0. The molecule has 3 atom stereocenters. The summed E-state index contributed by atoms with van der Waals surface area (Å²) in [6.07, 6.45) is 0. The van der Waals surface area contributed by atoms with Crippen LogP contribution in [0.15, 0.2) is 60.7 Å². The number of nitro groups is 1. The smallest absolute Gasteiger partial charge is 0.234 e. The standard InChI is InChI=1S/C25H25NO6/c1-29-19-11-10-16(12-20(19)30-2)24-18-14-22(32-4)21(31-3)13-17(18)23(25(24)26(27)28)15-8-6-5-7-9-15/h5-14,23-25H,1-4H3/t23-,24-,25-/m1/s1.